The number of carbonyl (C=O) groups is 1. The maximum Gasteiger partial charge on any atom is 0.255 e. The number of methoxy groups -OCH3 is 1. The van der Waals surface area contributed by atoms with E-state index in [1.54, 1.807) is 14.2 Å². The van der Waals surface area contributed by atoms with E-state index in [1.165, 1.54) is 17.0 Å². The highest BCUT2D eigenvalue weighted by atomic mass is 79.9. The molecule has 35 heavy (non-hydrogen) atoms. The van der Waals surface area contributed by atoms with Gasteiger partial charge in [0.05, 0.1) is 28.8 Å². The summed E-state index contributed by atoms with van der Waals surface area (Å²) in [5.41, 5.74) is 1.89. The number of benzene rings is 3. The van der Waals surface area contributed by atoms with Crippen molar-refractivity contribution in [2.24, 2.45) is 0 Å². The van der Waals surface area contributed by atoms with Gasteiger partial charge in [0, 0.05) is 18.1 Å². The zero-order valence-corrected chi connectivity index (χ0v) is 23.3. The van der Waals surface area contributed by atoms with Gasteiger partial charge in [-0.1, -0.05) is 69.5 Å². The van der Waals surface area contributed by atoms with Crippen LogP contribution >= 0.6 is 39.1 Å². The van der Waals surface area contributed by atoms with E-state index < -0.39 is 15.9 Å². The molecule has 3 rings (SSSR count). The van der Waals surface area contributed by atoms with Gasteiger partial charge in [-0.15, -0.1) is 0 Å². The molecule has 0 spiro atoms. The molecule has 0 aromatic heterocycles. The van der Waals surface area contributed by atoms with Crippen molar-refractivity contribution >= 4 is 55.1 Å². The number of nitrogens with one attached hydrogen (secondary N) is 1. The number of rotatable bonds is 9. The minimum absolute atomic E-state index is 0.0491. The lowest BCUT2D eigenvalue weighted by atomic mass is 10.1. The van der Waals surface area contributed by atoms with E-state index in [0.717, 1.165) is 21.3 Å². The van der Waals surface area contributed by atoms with Crippen molar-refractivity contribution in [3.63, 3.8) is 0 Å². The van der Waals surface area contributed by atoms with Crippen LogP contribution in [0, 0.1) is 0 Å². The lowest BCUT2D eigenvalue weighted by Crippen LogP contribution is -2.31. The van der Waals surface area contributed by atoms with Gasteiger partial charge in [-0.25, -0.2) is 13.1 Å². The van der Waals surface area contributed by atoms with Crippen LogP contribution in [-0.4, -0.2) is 39.9 Å². The van der Waals surface area contributed by atoms with Crippen LogP contribution in [0.2, 0.25) is 10.0 Å². The smallest absolute Gasteiger partial charge is 0.255 e. The maximum absolute atomic E-state index is 13.3. The lowest BCUT2D eigenvalue weighted by molar-refractivity contribution is 0.0742. The first-order valence-electron chi connectivity index (χ1n) is 10.7. The van der Waals surface area contributed by atoms with Crippen molar-refractivity contribution in [1.29, 1.82) is 0 Å². The van der Waals surface area contributed by atoms with Crippen LogP contribution < -0.4 is 9.46 Å². The average Bonchev–Trinajstić information content (AvgIpc) is 2.83. The van der Waals surface area contributed by atoms with Gasteiger partial charge in [0.15, 0.2) is 0 Å². The zero-order valence-electron chi connectivity index (χ0n) is 19.4. The van der Waals surface area contributed by atoms with Crippen LogP contribution in [0.4, 0.5) is 0 Å². The Morgan fingerprint density at radius 2 is 1.74 bits per heavy atom. The van der Waals surface area contributed by atoms with E-state index in [9.17, 15) is 13.2 Å². The first-order chi connectivity index (χ1) is 16.5. The Balaban J connectivity index is 1.80. The molecule has 1 atom stereocenters. The summed E-state index contributed by atoms with van der Waals surface area (Å²) in [7, 11) is -0.777. The molecule has 1 amide bonds. The van der Waals surface area contributed by atoms with Gasteiger partial charge in [-0.3, -0.25) is 4.79 Å². The largest absolute Gasteiger partial charge is 0.497 e. The second-order valence-electron chi connectivity index (χ2n) is 7.87. The number of nitrogens with zero attached hydrogens (tertiary/aromatic N) is 1. The molecule has 0 saturated heterocycles. The van der Waals surface area contributed by atoms with E-state index in [1.807, 2.05) is 55.5 Å². The molecule has 0 aliphatic rings. The number of carbonyl (C=O) groups excluding carboxylic acids is 1. The predicted molar refractivity (Wildman–Crippen MR) is 143 cm³/mol. The van der Waals surface area contributed by atoms with E-state index >= 15 is 0 Å². The van der Waals surface area contributed by atoms with Crippen LogP contribution in [-0.2, 0) is 16.4 Å². The maximum atomic E-state index is 13.3. The molecule has 6 nitrogen and oxygen atoms in total. The molecule has 0 aliphatic carbocycles. The molecule has 3 aromatic carbocycles. The average molecular weight is 600 g/mol. The second-order valence-corrected chi connectivity index (χ2v) is 11.3. The molecule has 0 aliphatic heterocycles. The highest BCUT2D eigenvalue weighted by molar-refractivity contribution is 9.10. The Morgan fingerprint density at radius 3 is 2.37 bits per heavy atom. The van der Waals surface area contributed by atoms with E-state index in [4.69, 9.17) is 27.9 Å². The van der Waals surface area contributed by atoms with Crippen molar-refractivity contribution in [2.75, 3.05) is 20.7 Å². The molecule has 0 radical (unpaired) electrons. The monoisotopic (exact) mass is 598 g/mol. The summed E-state index contributed by atoms with van der Waals surface area (Å²) >= 11 is 16.1. The molecule has 1 N–H and O–H groups in total. The Morgan fingerprint density at radius 1 is 1.09 bits per heavy atom. The van der Waals surface area contributed by atoms with Crippen molar-refractivity contribution in [1.82, 2.24) is 9.62 Å². The molecule has 0 saturated carbocycles. The van der Waals surface area contributed by atoms with Gasteiger partial charge >= 0.3 is 0 Å². The molecule has 3 aromatic rings. The standard InChI is InChI=1S/C25H25BrCl2N2O4S/c1-16(19-6-4-5-7-21(19)26)30(2)25(31)20-14-24(23(28)15-22(20)27)35(32,33)29-13-12-17-8-10-18(34-3)11-9-17/h4-11,14-16,29H,12-13H2,1-3H3. The summed E-state index contributed by atoms with van der Waals surface area (Å²) in [4.78, 5) is 14.6. The number of hydrogen-bond donors (Lipinski definition) is 1. The molecule has 0 fully saturated rings. The summed E-state index contributed by atoms with van der Waals surface area (Å²) in [5, 5.41) is 0.00774. The van der Waals surface area contributed by atoms with Crippen molar-refractivity contribution in [3.8, 4) is 5.75 Å². The fraction of sp³-hybridized carbons (Fsp3) is 0.240. The highest BCUT2D eigenvalue weighted by Crippen LogP contribution is 2.32. The first-order valence-corrected chi connectivity index (χ1v) is 13.7. The Kier molecular flexibility index (Phi) is 9.23. The number of ether oxygens (including phenoxy) is 1. The van der Waals surface area contributed by atoms with E-state index in [0.29, 0.717) is 6.42 Å². The van der Waals surface area contributed by atoms with Crippen LogP contribution in [0.15, 0.2) is 70.0 Å². The number of halogens is 3. The zero-order chi connectivity index (χ0) is 25.8. The lowest BCUT2D eigenvalue weighted by Gasteiger charge is -2.27. The minimum Gasteiger partial charge on any atom is -0.497 e. The third-order valence-corrected chi connectivity index (χ3v) is 8.62. The molecule has 10 heteroatoms. The van der Waals surface area contributed by atoms with Gasteiger partial charge in [0.2, 0.25) is 10.0 Å². The number of hydrogen-bond acceptors (Lipinski definition) is 4. The SMILES string of the molecule is COc1ccc(CCNS(=O)(=O)c2cc(C(=O)N(C)C(C)c3ccccc3Br)c(Cl)cc2Cl)cc1. The molecule has 186 valence electrons. The Hall–Kier alpha value is -2.10. The summed E-state index contributed by atoms with van der Waals surface area (Å²) in [6.45, 7) is 2.02. The molecular formula is C25H25BrCl2N2O4S. The van der Waals surface area contributed by atoms with Crippen molar-refractivity contribution < 1.29 is 17.9 Å². The predicted octanol–water partition coefficient (Wildman–Crippen LogP) is 6.12. The van der Waals surface area contributed by atoms with Gasteiger partial charge in [0.25, 0.3) is 5.91 Å². The van der Waals surface area contributed by atoms with E-state index in [2.05, 4.69) is 20.7 Å². The van der Waals surface area contributed by atoms with Crippen molar-refractivity contribution in [3.05, 3.63) is 91.9 Å². The third-order valence-electron chi connectivity index (χ3n) is 5.66. The van der Waals surface area contributed by atoms with Crippen LogP contribution in [0.25, 0.3) is 0 Å². The fourth-order valence-corrected chi connectivity index (χ4v) is 5.99. The van der Waals surface area contributed by atoms with Crippen LogP contribution in [0.1, 0.15) is 34.5 Å². The first kappa shape index (κ1) is 27.5. The molecule has 0 bridgehead atoms. The number of amides is 1. The van der Waals surface area contributed by atoms with Gasteiger partial charge in [0.1, 0.15) is 10.6 Å². The van der Waals surface area contributed by atoms with Crippen molar-refractivity contribution in [2.45, 2.75) is 24.3 Å². The highest BCUT2D eigenvalue weighted by Gasteiger charge is 2.26. The molecule has 1 unspecified atom stereocenters. The number of sulfonamides is 1. The summed E-state index contributed by atoms with van der Waals surface area (Å²) < 4.78 is 34.6. The minimum atomic E-state index is -4.00. The van der Waals surface area contributed by atoms with Crippen LogP contribution in [0.3, 0.4) is 0 Å². The summed E-state index contributed by atoms with van der Waals surface area (Å²) in [6.07, 6.45) is 0.465. The summed E-state index contributed by atoms with van der Waals surface area (Å²) in [6, 6.07) is 17.1. The van der Waals surface area contributed by atoms with E-state index in [-0.39, 0.29) is 33.1 Å². The fourth-order valence-electron chi connectivity index (χ4n) is 3.49. The van der Waals surface area contributed by atoms with Gasteiger partial charge < -0.3 is 9.64 Å². The Labute approximate surface area is 224 Å². The topological polar surface area (TPSA) is 75.7 Å². The van der Waals surface area contributed by atoms with Gasteiger partial charge in [-0.05, 0) is 54.8 Å². The molecule has 0 heterocycles. The van der Waals surface area contributed by atoms with Crippen LogP contribution in [0.5, 0.6) is 5.75 Å². The quantitative estimate of drug-likeness (QED) is 0.321. The Bertz CT molecular complexity index is 1320. The van der Waals surface area contributed by atoms with Gasteiger partial charge in [-0.2, -0.15) is 0 Å². The molecular weight excluding hydrogens is 575 g/mol. The summed E-state index contributed by atoms with van der Waals surface area (Å²) in [5.74, 6) is 0.294. The third kappa shape index (κ3) is 6.57. The second kappa shape index (κ2) is 11.8. The normalized spacial score (nSPS) is 12.3.